The highest BCUT2D eigenvalue weighted by Crippen LogP contribution is 2.16. The van der Waals surface area contributed by atoms with Gasteiger partial charge in [-0.05, 0) is 25.5 Å². The highest BCUT2D eigenvalue weighted by Gasteiger charge is 2.15. The maximum atomic E-state index is 5.14. The molecule has 4 nitrogen and oxygen atoms in total. The van der Waals surface area contributed by atoms with Crippen molar-refractivity contribution in [3.8, 4) is 5.88 Å². The molecule has 1 fully saturated rings. The smallest absolute Gasteiger partial charge is 0.214 e. The molecule has 1 N–H and O–H groups in total. The van der Waals surface area contributed by atoms with Crippen LogP contribution in [0.2, 0.25) is 0 Å². The summed E-state index contributed by atoms with van der Waals surface area (Å²) in [4.78, 5) is 6.62. The van der Waals surface area contributed by atoms with Crippen molar-refractivity contribution in [2.45, 2.75) is 25.3 Å². The van der Waals surface area contributed by atoms with Crippen LogP contribution in [-0.2, 0) is 0 Å². The quantitative estimate of drug-likeness (QED) is 0.861. The van der Waals surface area contributed by atoms with E-state index in [2.05, 4.69) is 22.2 Å². The van der Waals surface area contributed by atoms with E-state index >= 15 is 0 Å². The predicted molar refractivity (Wildman–Crippen MR) is 69.7 cm³/mol. The van der Waals surface area contributed by atoms with Crippen molar-refractivity contribution in [2.75, 3.05) is 32.1 Å². The van der Waals surface area contributed by atoms with Crippen LogP contribution >= 0.6 is 0 Å². The number of ether oxygens (including phenoxy) is 1. The van der Waals surface area contributed by atoms with E-state index in [0.29, 0.717) is 11.9 Å². The molecular formula is C13H21N3O. The lowest BCUT2D eigenvalue weighted by atomic mass is 10.0. The Morgan fingerprint density at radius 2 is 2.35 bits per heavy atom. The normalized spacial score (nSPS) is 20.0. The summed E-state index contributed by atoms with van der Waals surface area (Å²) >= 11 is 0. The first-order valence-electron chi connectivity index (χ1n) is 6.25. The number of likely N-dealkylation sites (N-methyl/N-ethyl adjacent to an activating group) is 1. The van der Waals surface area contributed by atoms with Crippen molar-refractivity contribution in [3.05, 3.63) is 18.2 Å². The molecule has 1 aliphatic heterocycles. The molecule has 0 amide bonds. The van der Waals surface area contributed by atoms with E-state index < -0.39 is 0 Å². The average Bonchev–Trinajstić information content (AvgIpc) is 2.40. The molecule has 2 heterocycles. The van der Waals surface area contributed by atoms with Crippen LogP contribution in [0.15, 0.2) is 18.2 Å². The Hall–Kier alpha value is -1.29. The number of hydrogen-bond acceptors (Lipinski definition) is 4. The topological polar surface area (TPSA) is 37.4 Å². The third-order valence-corrected chi connectivity index (χ3v) is 3.22. The molecule has 1 aromatic heterocycles. The van der Waals surface area contributed by atoms with Gasteiger partial charge in [-0.1, -0.05) is 12.5 Å². The van der Waals surface area contributed by atoms with E-state index in [1.165, 1.54) is 19.3 Å². The molecule has 0 spiro atoms. The van der Waals surface area contributed by atoms with Crippen LogP contribution < -0.4 is 15.0 Å². The number of hydrogen-bond donors (Lipinski definition) is 1. The monoisotopic (exact) mass is 235 g/mol. The lowest BCUT2D eigenvalue weighted by Crippen LogP contribution is -2.42. The number of rotatable bonds is 4. The fourth-order valence-electron chi connectivity index (χ4n) is 2.23. The van der Waals surface area contributed by atoms with Gasteiger partial charge >= 0.3 is 0 Å². The van der Waals surface area contributed by atoms with Gasteiger partial charge < -0.3 is 15.0 Å². The van der Waals surface area contributed by atoms with E-state index in [9.17, 15) is 0 Å². The van der Waals surface area contributed by atoms with E-state index in [-0.39, 0.29) is 0 Å². The molecule has 0 radical (unpaired) electrons. The van der Waals surface area contributed by atoms with Gasteiger partial charge in [-0.25, -0.2) is 0 Å². The van der Waals surface area contributed by atoms with Gasteiger partial charge in [0.05, 0.1) is 7.11 Å². The molecule has 1 saturated heterocycles. The van der Waals surface area contributed by atoms with Gasteiger partial charge in [-0.2, -0.15) is 4.98 Å². The minimum atomic E-state index is 0.585. The second-order valence-electron chi connectivity index (χ2n) is 4.57. The molecule has 4 heteroatoms. The first kappa shape index (κ1) is 12.2. The molecule has 94 valence electrons. The molecule has 1 unspecified atom stereocenters. The molecule has 17 heavy (non-hydrogen) atoms. The first-order valence-corrected chi connectivity index (χ1v) is 6.25. The van der Waals surface area contributed by atoms with Crippen LogP contribution in [0.3, 0.4) is 0 Å². The zero-order valence-electron chi connectivity index (χ0n) is 10.6. The summed E-state index contributed by atoms with van der Waals surface area (Å²) in [6, 6.07) is 6.45. The molecule has 0 aliphatic carbocycles. The lowest BCUT2D eigenvalue weighted by molar-refractivity contribution is 0.393. The van der Waals surface area contributed by atoms with Crippen LogP contribution in [0.25, 0.3) is 0 Å². The molecule has 0 aromatic carbocycles. The number of anilines is 1. The highest BCUT2D eigenvalue weighted by atomic mass is 16.5. The summed E-state index contributed by atoms with van der Waals surface area (Å²) in [5, 5.41) is 3.55. The predicted octanol–water partition coefficient (Wildman–Crippen LogP) is 1.67. The highest BCUT2D eigenvalue weighted by molar-refractivity contribution is 5.39. The van der Waals surface area contributed by atoms with Crippen LogP contribution in [0, 0.1) is 0 Å². The van der Waals surface area contributed by atoms with Gasteiger partial charge in [0.25, 0.3) is 0 Å². The fraction of sp³-hybridized carbons (Fsp3) is 0.615. The van der Waals surface area contributed by atoms with Gasteiger partial charge in [-0.15, -0.1) is 0 Å². The molecule has 2 rings (SSSR count). The number of piperidine rings is 1. The summed E-state index contributed by atoms with van der Waals surface area (Å²) in [7, 11) is 3.73. The zero-order valence-corrected chi connectivity index (χ0v) is 10.6. The van der Waals surface area contributed by atoms with Crippen molar-refractivity contribution in [1.82, 2.24) is 10.3 Å². The molecule has 1 aromatic rings. The Morgan fingerprint density at radius 1 is 1.47 bits per heavy atom. The second kappa shape index (κ2) is 5.87. The molecular weight excluding hydrogens is 214 g/mol. The van der Waals surface area contributed by atoms with Gasteiger partial charge in [0, 0.05) is 25.7 Å². The van der Waals surface area contributed by atoms with E-state index in [1.807, 2.05) is 18.2 Å². The average molecular weight is 235 g/mol. The van der Waals surface area contributed by atoms with Crippen LogP contribution in [-0.4, -0.2) is 38.3 Å². The van der Waals surface area contributed by atoms with Gasteiger partial charge in [0.15, 0.2) is 0 Å². The zero-order chi connectivity index (χ0) is 12.1. The number of nitrogens with one attached hydrogen (secondary N) is 1. The molecule has 0 saturated carbocycles. The Bertz CT molecular complexity index is 350. The van der Waals surface area contributed by atoms with Crippen molar-refractivity contribution < 1.29 is 4.74 Å². The standard InChI is InChI=1S/C13H21N3O/c1-16(10-11-6-3-4-9-14-11)12-7-5-8-13(15-12)17-2/h5,7-8,11,14H,3-4,6,9-10H2,1-2H3. The molecule has 0 bridgehead atoms. The van der Waals surface area contributed by atoms with E-state index in [1.54, 1.807) is 7.11 Å². The van der Waals surface area contributed by atoms with Gasteiger partial charge in [-0.3, -0.25) is 0 Å². The maximum absolute atomic E-state index is 5.14. The van der Waals surface area contributed by atoms with Crippen molar-refractivity contribution >= 4 is 5.82 Å². The van der Waals surface area contributed by atoms with Crippen molar-refractivity contribution in [2.24, 2.45) is 0 Å². The summed E-state index contributed by atoms with van der Waals surface area (Å²) in [5.41, 5.74) is 0. The number of nitrogens with zero attached hydrogens (tertiary/aromatic N) is 2. The Balaban J connectivity index is 1.95. The SMILES string of the molecule is COc1cccc(N(C)CC2CCCCN2)n1. The van der Waals surface area contributed by atoms with Crippen LogP contribution in [0.5, 0.6) is 5.88 Å². The summed E-state index contributed by atoms with van der Waals surface area (Å²) in [5.74, 6) is 1.64. The van der Waals surface area contributed by atoms with E-state index in [4.69, 9.17) is 4.74 Å². The van der Waals surface area contributed by atoms with Gasteiger partial charge in [0.2, 0.25) is 5.88 Å². The van der Waals surface area contributed by atoms with Crippen molar-refractivity contribution in [1.29, 1.82) is 0 Å². The van der Waals surface area contributed by atoms with Gasteiger partial charge in [0.1, 0.15) is 5.82 Å². The minimum absolute atomic E-state index is 0.585. The third kappa shape index (κ3) is 3.33. The van der Waals surface area contributed by atoms with Crippen molar-refractivity contribution in [3.63, 3.8) is 0 Å². The number of aromatic nitrogens is 1. The third-order valence-electron chi connectivity index (χ3n) is 3.22. The lowest BCUT2D eigenvalue weighted by Gasteiger charge is -2.28. The number of methoxy groups -OCH3 is 1. The Labute approximate surface area is 103 Å². The Morgan fingerprint density at radius 3 is 3.06 bits per heavy atom. The van der Waals surface area contributed by atoms with Crippen LogP contribution in [0.4, 0.5) is 5.82 Å². The fourth-order valence-corrected chi connectivity index (χ4v) is 2.23. The summed E-state index contributed by atoms with van der Waals surface area (Å²) in [6.07, 6.45) is 3.89. The second-order valence-corrected chi connectivity index (χ2v) is 4.57. The largest absolute Gasteiger partial charge is 0.481 e. The summed E-state index contributed by atoms with van der Waals surface area (Å²) < 4.78 is 5.14. The molecule has 1 aliphatic rings. The number of pyridine rings is 1. The van der Waals surface area contributed by atoms with Crippen LogP contribution in [0.1, 0.15) is 19.3 Å². The summed E-state index contributed by atoms with van der Waals surface area (Å²) in [6.45, 7) is 2.14. The Kier molecular flexibility index (Phi) is 4.20. The first-order chi connectivity index (χ1) is 8.29. The van der Waals surface area contributed by atoms with E-state index in [0.717, 1.165) is 18.9 Å². The molecule has 1 atom stereocenters. The minimum Gasteiger partial charge on any atom is -0.481 e. The maximum Gasteiger partial charge on any atom is 0.214 e.